The first-order valence-electron chi connectivity index (χ1n) is 6.92. The number of rotatable bonds is 5. The molecule has 0 radical (unpaired) electrons. The van der Waals surface area contributed by atoms with Crippen LogP contribution < -0.4 is 5.73 Å². The Bertz CT molecular complexity index is 422. The number of aliphatic hydroxyl groups is 1. The smallest absolute Gasteiger partial charge is 0.224 e. The molecule has 3 N–H and O–H groups in total. The summed E-state index contributed by atoms with van der Waals surface area (Å²) in [5.74, 6) is 0.0479. The average molecular weight is 298 g/mol. The zero-order valence-electron chi connectivity index (χ0n) is 11.7. The van der Waals surface area contributed by atoms with Crippen LogP contribution in [-0.4, -0.2) is 47.8 Å². The number of morpholine rings is 1. The van der Waals surface area contributed by atoms with Crippen LogP contribution in [0.1, 0.15) is 30.7 Å². The van der Waals surface area contributed by atoms with Gasteiger partial charge < -0.3 is 20.5 Å². The number of amides is 1. The second-order valence-corrected chi connectivity index (χ2v) is 6.24. The zero-order chi connectivity index (χ0) is 14.5. The molecule has 0 aromatic carbocycles. The number of carbonyl (C=O) groups excluding carboxylic acids is 1. The van der Waals surface area contributed by atoms with Crippen LogP contribution in [-0.2, 0) is 9.53 Å². The van der Waals surface area contributed by atoms with Gasteiger partial charge in [-0.15, -0.1) is 11.3 Å². The molecule has 112 valence electrons. The summed E-state index contributed by atoms with van der Waals surface area (Å²) in [6.07, 6.45) is 0.295. The summed E-state index contributed by atoms with van der Waals surface area (Å²) in [4.78, 5) is 14.9. The normalized spacial score (nSPS) is 22.6. The van der Waals surface area contributed by atoms with Crippen LogP contribution in [0, 0.1) is 0 Å². The molecule has 5 nitrogen and oxygen atoms in total. The highest BCUT2D eigenvalue weighted by Gasteiger charge is 2.29. The van der Waals surface area contributed by atoms with Gasteiger partial charge in [0, 0.05) is 30.3 Å². The molecule has 0 bridgehead atoms. The fourth-order valence-electron chi connectivity index (χ4n) is 2.43. The number of ether oxygens (including phenoxy) is 1. The summed E-state index contributed by atoms with van der Waals surface area (Å²) in [5.41, 5.74) is 5.70. The molecule has 1 aliphatic heterocycles. The Labute approximate surface area is 123 Å². The standard InChI is InChI=1S/C14H22N2O3S/c1-10(15)7-14(18)16-4-5-19-9-11(16)8-12(17)13-3-2-6-20-13/h2-3,6,10-12,17H,4-5,7-9,15H2,1H3. The fourth-order valence-corrected chi connectivity index (χ4v) is 3.15. The maximum absolute atomic E-state index is 12.2. The van der Waals surface area contributed by atoms with Crippen molar-refractivity contribution in [3.63, 3.8) is 0 Å². The van der Waals surface area contributed by atoms with Crippen molar-refractivity contribution in [3.05, 3.63) is 22.4 Å². The third-order valence-corrected chi connectivity index (χ3v) is 4.38. The zero-order valence-corrected chi connectivity index (χ0v) is 12.5. The minimum absolute atomic E-state index is 0.0479. The van der Waals surface area contributed by atoms with E-state index in [9.17, 15) is 9.90 Å². The Morgan fingerprint density at radius 3 is 3.15 bits per heavy atom. The van der Waals surface area contributed by atoms with Gasteiger partial charge in [-0.2, -0.15) is 0 Å². The minimum atomic E-state index is -0.549. The van der Waals surface area contributed by atoms with Gasteiger partial charge in [-0.3, -0.25) is 4.79 Å². The molecule has 1 amide bonds. The molecule has 0 aliphatic carbocycles. The summed E-state index contributed by atoms with van der Waals surface area (Å²) >= 11 is 1.53. The van der Waals surface area contributed by atoms with Crippen molar-refractivity contribution >= 4 is 17.2 Å². The van der Waals surface area contributed by atoms with Crippen molar-refractivity contribution < 1.29 is 14.6 Å². The number of thiophene rings is 1. The van der Waals surface area contributed by atoms with E-state index in [1.54, 1.807) is 0 Å². The largest absolute Gasteiger partial charge is 0.387 e. The average Bonchev–Trinajstić information content (AvgIpc) is 2.92. The lowest BCUT2D eigenvalue weighted by Gasteiger charge is -2.37. The van der Waals surface area contributed by atoms with Gasteiger partial charge in [0.15, 0.2) is 0 Å². The van der Waals surface area contributed by atoms with Crippen LogP contribution in [0.4, 0.5) is 0 Å². The summed E-state index contributed by atoms with van der Waals surface area (Å²) in [6.45, 7) is 3.44. The highest BCUT2D eigenvalue weighted by atomic mass is 32.1. The number of hydrogen-bond acceptors (Lipinski definition) is 5. The number of nitrogens with zero attached hydrogens (tertiary/aromatic N) is 1. The van der Waals surface area contributed by atoms with Crippen molar-refractivity contribution in [1.29, 1.82) is 0 Å². The lowest BCUT2D eigenvalue weighted by atomic mass is 10.0. The summed E-state index contributed by atoms with van der Waals surface area (Å²) in [7, 11) is 0. The van der Waals surface area contributed by atoms with Crippen LogP contribution in [0.15, 0.2) is 17.5 Å². The third-order valence-electron chi connectivity index (χ3n) is 3.41. The van der Waals surface area contributed by atoms with Gasteiger partial charge in [0.1, 0.15) is 0 Å². The summed E-state index contributed by atoms with van der Waals surface area (Å²) in [6, 6.07) is 3.60. The summed E-state index contributed by atoms with van der Waals surface area (Å²) in [5, 5.41) is 12.2. The van der Waals surface area contributed by atoms with Crippen LogP contribution in [0.3, 0.4) is 0 Å². The Hall–Kier alpha value is -0.950. The predicted octanol–water partition coefficient (Wildman–Crippen LogP) is 1.14. The third kappa shape index (κ3) is 4.02. The van der Waals surface area contributed by atoms with Gasteiger partial charge in [-0.25, -0.2) is 0 Å². The van der Waals surface area contributed by atoms with E-state index in [2.05, 4.69) is 0 Å². The van der Waals surface area contributed by atoms with E-state index in [1.165, 1.54) is 11.3 Å². The van der Waals surface area contributed by atoms with Gasteiger partial charge in [0.2, 0.25) is 5.91 Å². The first-order valence-corrected chi connectivity index (χ1v) is 7.80. The Kier molecular flexibility index (Phi) is 5.54. The molecule has 1 fully saturated rings. The molecule has 0 spiro atoms. The van der Waals surface area contributed by atoms with E-state index < -0.39 is 6.10 Å². The molecule has 3 unspecified atom stereocenters. The van der Waals surface area contributed by atoms with Crippen molar-refractivity contribution in [2.45, 2.75) is 38.0 Å². The summed E-state index contributed by atoms with van der Waals surface area (Å²) < 4.78 is 5.45. The predicted molar refractivity (Wildman–Crippen MR) is 78.5 cm³/mol. The minimum Gasteiger partial charge on any atom is -0.387 e. The highest BCUT2D eigenvalue weighted by Crippen LogP contribution is 2.26. The first kappa shape index (κ1) is 15.4. The quantitative estimate of drug-likeness (QED) is 0.854. The van der Waals surface area contributed by atoms with Crippen LogP contribution in [0.2, 0.25) is 0 Å². The maximum Gasteiger partial charge on any atom is 0.224 e. The molecule has 1 aliphatic rings. The van der Waals surface area contributed by atoms with Crippen LogP contribution in [0.5, 0.6) is 0 Å². The molecule has 6 heteroatoms. The van der Waals surface area contributed by atoms with E-state index in [4.69, 9.17) is 10.5 Å². The highest BCUT2D eigenvalue weighted by molar-refractivity contribution is 7.10. The number of carbonyl (C=O) groups is 1. The lowest BCUT2D eigenvalue weighted by Crippen LogP contribution is -2.50. The van der Waals surface area contributed by atoms with Crippen molar-refractivity contribution in [2.24, 2.45) is 5.73 Å². The Balaban J connectivity index is 1.98. The molecule has 20 heavy (non-hydrogen) atoms. The van der Waals surface area contributed by atoms with E-state index in [0.29, 0.717) is 32.6 Å². The number of aliphatic hydroxyl groups excluding tert-OH is 1. The first-order chi connectivity index (χ1) is 9.58. The molecule has 3 atom stereocenters. The molecule has 1 aromatic rings. The van der Waals surface area contributed by atoms with Crippen molar-refractivity contribution in [3.8, 4) is 0 Å². The number of hydrogen-bond donors (Lipinski definition) is 2. The Morgan fingerprint density at radius 2 is 2.50 bits per heavy atom. The second-order valence-electron chi connectivity index (χ2n) is 5.26. The van der Waals surface area contributed by atoms with Gasteiger partial charge in [-0.1, -0.05) is 6.07 Å². The van der Waals surface area contributed by atoms with Gasteiger partial charge in [-0.05, 0) is 18.4 Å². The lowest BCUT2D eigenvalue weighted by molar-refractivity contribution is -0.141. The van der Waals surface area contributed by atoms with Crippen molar-refractivity contribution in [1.82, 2.24) is 4.90 Å². The molecule has 1 aromatic heterocycles. The van der Waals surface area contributed by atoms with E-state index in [1.807, 2.05) is 29.3 Å². The maximum atomic E-state index is 12.2. The van der Waals surface area contributed by atoms with E-state index in [-0.39, 0.29) is 18.0 Å². The van der Waals surface area contributed by atoms with E-state index >= 15 is 0 Å². The monoisotopic (exact) mass is 298 g/mol. The van der Waals surface area contributed by atoms with Gasteiger partial charge in [0.05, 0.1) is 25.4 Å². The fraction of sp³-hybridized carbons (Fsp3) is 0.643. The van der Waals surface area contributed by atoms with E-state index in [0.717, 1.165) is 4.88 Å². The molecular weight excluding hydrogens is 276 g/mol. The second kappa shape index (κ2) is 7.17. The molecular formula is C14H22N2O3S. The van der Waals surface area contributed by atoms with Gasteiger partial charge >= 0.3 is 0 Å². The van der Waals surface area contributed by atoms with Crippen LogP contribution in [0.25, 0.3) is 0 Å². The number of nitrogens with two attached hydrogens (primary N) is 1. The Morgan fingerprint density at radius 1 is 1.70 bits per heavy atom. The molecule has 0 saturated carbocycles. The van der Waals surface area contributed by atoms with Crippen molar-refractivity contribution in [2.75, 3.05) is 19.8 Å². The molecule has 2 rings (SSSR count). The molecule has 2 heterocycles. The van der Waals surface area contributed by atoms with Crippen LogP contribution >= 0.6 is 11.3 Å². The topological polar surface area (TPSA) is 75.8 Å². The SMILES string of the molecule is CC(N)CC(=O)N1CCOCC1CC(O)c1cccs1. The van der Waals surface area contributed by atoms with Gasteiger partial charge in [0.25, 0.3) is 0 Å². The molecule has 1 saturated heterocycles.